The Morgan fingerprint density at radius 2 is 1.53 bits per heavy atom. The van der Waals surface area contributed by atoms with Crippen molar-refractivity contribution < 1.29 is 21.6 Å². The van der Waals surface area contributed by atoms with Gasteiger partial charge in [0.1, 0.15) is 6.04 Å². The van der Waals surface area contributed by atoms with E-state index in [4.69, 9.17) is 0 Å². The summed E-state index contributed by atoms with van der Waals surface area (Å²) in [5, 5.41) is 2.71. The first-order valence-corrected chi connectivity index (χ1v) is 14.7. The number of hydrogen-bond donors (Lipinski definition) is 1. The highest BCUT2D eigenvalue weighted by Crippen LogP contribution is 2.27. The maximum atomic E-state index is 13.0. The predicted octanol–water partition coefficient (Wildman–Crippen LogP) is 3.66. The molecule has 2 aromatic carbocycles. The Kier molecular flexibility index (Phi) is 8.05. The summed E-state index contributed by atoms with van der Waals surface area (Å²) in [7, 11) is -7.34. The van der Waals surface area contributed by atoms with Gasteiger partial charge in [-0.05, 0) is 75.1 Å². The molecule has 1 heterocycles. The molecule has 0 spiro atoms. The quantitative estimate of drug-likeness (QED) is 0.616. The summed E-state index contributed by atoms with van der Waals surface area (Å²) in [6.07, 6.45) is 4.83. The van der Waals surface area contributed by atoms with Crippen LogP contribution in [0.15, 0.2) is 47.4 Å². The molecule has 1 aliphatic heterocycles. The van der Waals surface area contributed by atoms with Gasteiger partial charge in [-0.2, -0.15) is 4.31 Å². The maximum Gasteiger partial charge on any atom is 0.247 e. The van der Waals surface area contributed by atoms with Gasteiger partial charge in [0, 0.05) is 18.8 Å². The molecule has 3 rings (SSSR count). The van der Waals surface area contributed by atoms with E-state index in [1.807, 2.05) is 19.1 Å². The normalized spacial score (nSPS) is 16.5. The third kappa shape index (κ3) is 5.97. The van der Waals surface area contributed by atoms with E-state index in [-0.39, 0.29) is 4.90 Å². The number of hydrogen-bond acceptors (Lipinski definition) is 5. The van der Waals surface area contributed by atoms with Crippen LogP contribution in [-0.2, 0) is 24.8 Å². The van der Waals surface area contributed by atoms with Crippen LogP contribution in [-0.4, -0.2) is 52.4 Å². The van der Waals surface area contributed by atoms with Crippen molar-refractivity contribution in [2.75, 3.05) is 29.0 Å². The molecule has 0 aromatic heterocycles. The zero-order chi connectivity index (χ0) is 25.1. The summed E-state index contributed by atoms with van der Waals surface area (Å²) in [5.74, 6) is -0.519. The van der Waals surface area contributed by atoms with Gasteiger partial charge in [-0.15, -0.1) is 0 Å². The van der Waals surface area contributed by atoms with Gasteiger partial charge in [-0.3, -0.25) is 9.10 Å². The predicted molar refractivity (Wildman–Crippen MR) is 135 cm³/mol. The largest absolute Gasteiger partial charge is 0.324 e. The number of nitrogens with zero attached hydrogens (tertiary/aromatic N) is 2. The standard InChI is InChI=1S/C24H33N3O5S2/c1-18-9-10-19(2)23(17-18)27(33(4,29)30)20(3)24(28)25-21-11-13-22(14-12-21)34(31,32)26-15-7-5-6-8-16-26/h9-14,17,20H,5-8,15-16H2,1-4H3,(H,25,28). The van der Waals surface area contributed by atoms with Crippen LogP contribution in [0.25, 0.3) is 0 Å². The van der Waals surface area contributed by atoms with E-state index in [2.05, 4.69) is 5.32 Å². The number of sulfonamides is 2. The number of nitrogens with one attached hydrogen (secondary N) is 1. The number of rotatable bonds is 7. The molecule has 186 valence electrons. The Morgan fingerprint density at radius 3 is 2.09 bits per heavy atom. The first-order valence-electron chi connectivity index (χ1n) is 11.4. The number of carbonyl (C=O) groups excluding carboxylic acids is 1. The topological polar surface area (TPSA) is 104 Å². The summed E-state index contributed by atoms with van der Waals surface area (Å²) in [4.78, 5) is 13.2. The van der Waals surface area contributed by atoms with E-state index >= 15 is 0 Å². The van der Waals surface area contributed by atoms with Crippen molar-refractivity contribution >= 4 is 37.3 Å². The minimum Gasteiger partial charge on any atom is -0.324 e. The van der Waals surface area contributed by atoms with Crippen molar-refractivity contribution in [1.82, 2.24) is 4.31 Å². The van der Waals surface area contributed by atoms with E-state index in [1.165, 1.54) is 35.5 Å². The Bertz CT molecular complexity index is 1230. The number of benzene rings is 2. The molecule has 34 heavy (non-hydrogen) atoms. The zero-order valence-corrected chi connectivity index (χ0v) is 21.7. The summed E-state index contributed by atoms with van der Waals surface area (Å²) in [6.45, 7) is 6.20. The van der Waals surface area contributed by atoms with E-state index in [0.29, 0.717) is 24.5 Å². The molecule has 2 aromatic rings. The lowest BCUT2D eigenvalue weighted by Crippen LogP contribution is -2.45. The van der Waals surface area contributed by atoms with E-state index in [1.54, 1.807) is 13.0 Å². The summed E-state index contributed by atoms with van der Waals surface area (Å²) >= 11 is 0. The van der Waals surface area contributed by atoms with Crippen molar-refractivity contribution in [2.24, 2.45) is 0 Å². The van der Waals surface area contributed by atoms with Crippen LogP contribution in [0.5, 0.6) is 0 Å². The first kappa shape index (κ1) is 26.2. The molecule has 1 saturated heterocycles. The van der Waals surface area contributed by atoms with Crippen molar-refractivity contribution in [1.29, 1.82) is 0 Å². The lowest BCUT2D eigenvalue weighted by molar-refractivity contribution is -0.116. The van der Waals surface area contributed by atoms with Gasteiger partial charge in [0.15, 0.2) is 0 Å². The minimum absolute atomic E-state index is 0.175. The molecular formula is C24H33N3O5S2. The van der Waals surface area contributed by atoms with Crippen molar-refractivity contribution in [3.05, 3.63) is 53.6 Å². The van der Waals surface area contributed by atoms with Gasteiger partial charge < -0.3 is 5.32 Å². The molecule has 10 heteroatoms. The fraction of sp³-hybridized carbons (Fsp3) is 0.458. The van der Waals surface area contributed by atoms with Gasteiger partial charge in [0.2, 0.25) is 26.0 Å². The second-order valence-electron chi connectivity index (χ2n) is 8.86. The third-order valence-electron chi connectivity index (χ3n) is 6.02. The van der Waals surface area contributed by atoms with Crippen LogP contribution in [0.4, 0.5) is 11.4 Å². The van der Waals surface area contributed by atoms with Crippen molar-refractivity contribution in [2.45, 2.75) is 57.4 Å². The number of amides is 1. The van der Waals surface area contributed by atoms with Gasteiger partial charge in [-0.25, -0.2) is 16.8 Å². The fourth-order valence-electron chi connectivity index (χ4n) is 4.13. The van der Waals surface area contributed by atoms with Crippen molar-refractivity contribution in [3.8, 4) is 0 Å². The van der Waals surface area contributed by atoms with Crippen LogP contribution in [0, 0.1) is 13.8 Å². The number of carbonyl (C=O) groups is 1. The van der Waals surface area contributed by atoms with Gasteiger partial charge in [0.05, 0.1) is 16.8 Å². The van der Waals surface area contributed by atoms with Crippen molar-refractivity contribution in [3.63, 3.8) is 0 Å². The van der Waals surface area contributed by atoms with Gasteiger partial charge in [-0.1, -0.05) is 25.0 Å². The molecule has 0 bridgehead atoms. The van der Waals surface area contributed by atoms with Crippen LogP contribution in [0.3, 0.4) is 0 Å². The molecule has 0 saturated carbocycles. The minimum atomic E-state index is -3.75. The van der Waals surface area contributed by atoms with E-state index < -0.39 is 32.0 Å². The molecule has 1 N–H and O–H groups in total. The highest BCUT2D eigenvalue weighted by molar-refractivity contribution is 7.92. The van der Waals surface area contributed by atoms with Crippen LogP contribution in [0.1, 0.15) is 43.7 Å². The Labute approximate surface area is 203 Å². The molecule has 1 fully saturated rings. The van der Waals surface area contributed by atoms with Crippen LogP contribution >= 0.6 is 0 Å². The van der Waals surface area contributed by atoms with Gasteiger partial charge >= 0.3 is 0 Å². The molecule has 8 nitrogen and oxygen atoms in total. The summed E-state index contributed by atoms with van der Waals surface area (Å²) in [5.41, 5.74) is 2.45. The highest BCUT2D eigenvalue weighted by atomic mass is 32.2. The lowest BCUT2D eigenvalue weighted by atomic mass is 10.1. The summed E-state index contributed by atoms with van der Waals surface area (Å²) < 4.78 is 53.8. The van der Waals surface area contributed by atoms with Gasteiger partial charge in [0.25, 0.3) is 0 Å². The van der Waals surface area contributed by atoms with Crippen LogP contribution in [0.2, 0.25) is 0 Å². The average molecular weight is 508 g/mol. The second-order valence-corrected chi connectivity index (χ2v) is 12.7. The molecule has 0 aliphatic carbocycles. The molecule has 1 atom stereocenters. The first-order chi connectivity index (χ1) is 15.9. The highest BCUT2D eigenvalue weighted by Gasteiger charge is 2.30. The number of anilines is 2. The Morgan fingerprint density at radius 1 is 0.941 bits per heavy atom. The molecular weight excluding hydrogens is 474 g/mol. The zero-order valence-electron chi connectivity index (χ0n) is 20.1. The lowest BCUT2D eigenvalue weighted by Gasteiger charge is -2.29. The fourth-order valence-corrected chi connectivity index (χ4v) is 6.87. The molecule has 0 radical (unpaired) electrons. The van der Waals surface area contributed by atoms with Crippen LogP contribution < -0.4 is 9.62 Å². The summed E-state index contributed by atoms with van der Waals surface area (Å²) in [6, 6.07) is 10.4. The number of aryl methyl sites for hydroxylation is 2. The molecule has 1 amide bonds. The van der Waals surface area contributed by atoms with E-state index in [0.717, 1.165) is 47.4 Å². The Balaban J connectivity index is 1.79. The smallest absolute Gasteiger partial charge is 0.247 e. The van der Waals surface area contributed by atoms with E-state index in [9.17, 15) is 21.6 Å². The monoisotopic (exact) mass is 507 g/mol. The third-order valence-corrected chi connectivity index (χ3v) is 9.16. The Hall–Kier alpha value is -2.43. The average Bonchev–Trinajstić information content (AvgIpc) is 3.06. The molecule has 1 aliphatic rings. The maximum absolute atomic E-state index is 13.0. The molecule has 1 unspecified atom stereocenters. The SMILES string of the molecule is Cc1ccc(C)c(N(C(C)C(=O)Nc2ccc(S(=O)(=O)N3CCCCCC3)cc2)S(C)(=O)=O)c1. The second kappa shape index (κ2) is 10.5.